The molecule has 2 aliphatic heterocycles. The molecule has 0 bridgehead atoms. The van der Waals surface area contributed by atoms with Crippen molar-refractivity contribution in [2.24, 2.45) is 5.73 Å². The molecule has 2 saturated heterocycles. The highest BCUT2D eigenvalue weighted by molar-refractivity contribution is 5.97. The van der Waals surface area contributed by atoms with Crippen LogP contribution in [0, 0.1) is 6.92 Å². The van der Waals surface area contributed by atoms with Crippen molar-refractivity contribution in [2.45, 2.75) is 38.0 Å². The summed E-state index contributed by atoms with van der Waals surface area (Å²) >= 11 is 0. The van der Waals surface area contributed by atoms with Gasteiger partial charge in [-0.05, 0) is 25.5 Å². The average molecular weight is 477 g/mol. The van der Waals surface area contributed by atoms with Crippen LogP contribution in [0.15, 0.2) is 18.2 Å². The van der Waals surface area contributed by atoms with Crippen LogP contribution in [0.4, 0.5) is 0 Å². The van der Waals surface area contributed by atoms with Gasteiger partial charge in [-0.2, -0.15) is 0 Å². The summed E-state index contributed by atoms with van der Waals surface area (Å²) in [6.07, 6.45) is 1.13. The maximum Gasteiger partial charge on any atom is 0.255 e. The number of hydrogen-bond donors (Lipinski definition) is 2. The van der Waals surface area contributed by atoms with E-state index in [0.29, 0.717) is 44.0 Å². The molecular formula is C21H34Cl2N4O4. The molecule has 2 amide bonds. The first-order valence-corrected chi connectivity index (χ1v) is 10.2. The normalized spacial score (nSPS) is 22.5. The van der Waals surface area contributed by atoms with E-state index in [-0.39, 0.29) is 54.8 Å². The van der Waals surface area contributed by atoms with Crippen LogP contribution in [0.1, 0.15) is 28.8 Å². The average Bonchev–Trinajstić information content (AvgIpc) is 3.08. The molecule has 0 unspecified atom stereocenters. The number of nitrogens with one attached hydrogen (secondary N) is 1. The molecule has 176 valence electrons. The number of nitrogens with zero attached hydrogens (tertiary/aromatic N) is 2. The van der Waals surface area contributed by atoms with Crippen LogP contribution in [0.25, 0.3) is 0 Å². The molecule has 10 heteroatoms. The minimum absolute atomic E-state index is 0. The molecule has 3 N–H and O–H groups in total. The topological polar surface area (TPSA) is 97.1 Å². The van der Waals surface area contributed by atoms with Crippen LogP contribution >= 0.6 is 24.8 Å². The first-order valence-electron chi connectivity index (χ1n) is 10.2. The van der Waals surface area contributed by atoms with E-state index < -0.39 is 0 Å². The molecule has 0 radical (unpaired) electrons. The molecule has 0 aromatic heterocycles. The fraction of sp³-hybridized carbons (Fsp3) is 0.619. The van der Waals surface area contributed by atoms with Crippen LogP contribution in [-0.4, -0.2) is 86.7 Å². The summed E-state index contributed by atoms with van der Waals surface area (Å²) in [5, 5.41) is 3.15. The van der Waals surface area contributed by atoms with Gasteiger partial charge in [0.25, 0.3) is 5.91 Å². The van der Waals surface area contributed by atoms with Crippen molar-refractivity contribution in [1.82, 2.24) is 15.1 Å². The number of ether oxygens (including phenoxy) is 2. The van der Waals surface area contributed by atoms with E-state index in [4.69, 9.17) is 15.2 Å². The molecule has 1 aromatic carbocycles. The van der Waals surface area contributed by atoms with Gasteiger partial charge >= 0.3 is 0 Å². The van der Waals surface area contributed by atoms with Crippen LogP contribution < -0.4 is 15.8 Å². The molecule has 3 rings (SSSR count). The lowest BCUT2D eigenvalue weighted by molar-refractivity contribution is -0.134. The monoisotopic (exact) mass is 476 g/mol. The molecule has 3 atom stereocenters. The van der Waals surface area contributed by atoms with Gasteiger partial charge in [0.15, 0.2) is 0 Å². The Kier molecular flexibility index (Phi) is 11.0. The Morgan fingerprint density at radius 1 is 1.29 bits per heavy atom. The summed E-state index contributed by atoms with van der Waals surface area (Å²) in [7, 11) is 3.51. The second kappa shape index (κ2) is 12.5. The molecule has 0 spiro atoms. The Bertz CT molecular complexity index is 750. The number of halogens is 2. The number of carbonyl (C=O) groups excluding carboxylic acids is 2. The van der Waals surface area contributed by atoms with Crippen molar-refractivity contribution in [3.63, 3.8) is 0 Å². The third kappa shape index (κ3) is 7.22. The van der Waals surface area contributed by atoms with Gasteiger partial charge in [-0.3, -0.25) is 14.5 Å². The number of morpholine rings is 1. The smallest absolute Gasteiger partial charge is 0.255 e. The van der Waals surface area contributed by atoms with E-state index in [1.165, 1.54) is 0 Å². The van der Waals surface area contributed by atoms with Gasteiger partial charge in [0, 0.05) is 45.8 Å². The predicted octanol–water partition coefficient (Wildman–Crippen LogP) is 1.23. The van der Waals surface area contributed by atoms with Crippen molar-refractivity contribution < 1.29 is 19.1 Å². The summed E-state index contributed by atoms with van der Waals surface area (Å²) < 4.78 is 11.5. The number of fused-ring (bicyclic) bond motifs is 1. The van der Waals surface area contributed by atoms with Crippen molar-refractivity contribution >= 4 is 36.6 Å². The zero-order valence-corrected chi connectivity index (χ0v) is 20.0. The van der Waals surface area contributed by atoms with Crippen LogP contribution in [0.5, 0.6) is 5.75 Å². The molecule has 1 aromatic rings. The number of rotatable bonds is 7. The molecule has 31 heavy (non-hydrogen) atoms. The number of hydrogen-bond acceptors (Lipinski definition) is 6. The largest absolute Gasteiger partial charge is 0.491 e. The highest BCUT2D eigenvalue weighted by Crippen LogP contribution is 2.26. The van der Waals surface area contributed by atoms with Crippen molar-refractivity contribution in [2.75, 3.05) is 46.9 Å². The van der Waals surface area contributed by atoms with Crippen LogP contribution in [0.2, 0.25) is 0 Å². The number of benzene rings is 1. The van der Waals surface area contributed by atoms with Gasteiger partial charge < -0.3 is 25.4 Å². The van der Waals surface area contributed by atoms with Crippen LogP contribution in [-0.2, 0) is 9.53 Å². The lowest BCUT2D eigenvalue weighted by Gasteiger charge is -2.35. The zero-order valence-electron chi connectivity index (χ0n) is 18.3. The highest BCUT2D eigenvalue weighted by Gasteiger charge is 2.38. The standard InChI is InChI=1S/C21H32N4O4.2ClH/c1-14-4-5-19(28-7-6-22)18(8-14)21(27)23-15-9-16-13-29-17(12-25(16)11-15)10-20(26)24(2)3;;/h4-5,8,15-17H,6-7,9-13,22H2,1-3H3,(H,23,27);2*1H/t15-,16+,17+;;/m1../s1. The fourth-order valence-corrected chi connectivity index (χ4v) is 3.93. The first-order chi connectivity index (χ1) is 13.9. The maximum atomic E-state index is 12.9. The summed E-state index contributed by atoms with van der Waals surface area (Å²) in [6, 6.07) is 5.90. The molecule has 8 nitrogen and oxygen atoms in total. The number of carbonyl (C=O) groups is 2. The van der Waals surface area contributed by atoms with Gasteiger partial charge in [0.05, 0.1) is 24.7 Å². The number of aryl methyl sites for hydroxylation is 1. The Hall–Kier alpha value is -1.58. The summed E-state index contributed by atoms with van der Waals surface area (Å²) in [5.74, 6) is 0.493. The molecule has 2 fully saturated rings. The van der Waals surface area contributed by atoms with E-state index in [1.54, 1.807) is 19.0 Å². The van der Waals surface area contributed by atoms with Gasteiger partial charge in [0.2, 0.25) is 5.91 Å². The van der Waals surface area contributed by atoms with E-state index in [1.807, 2.05) is 25.1 Å². The van der Waals surface area contributed by atoms with E-state index in [0.717, 1.165) is 18.5 Å². The molecular weight excluding hydrogens is 443 g/mol. The maximum absolute atomic E-state index is 12.9. The minimum atomic E-state index is -0.133. The summed E-state index contributed by atoms with van der Waals surface area (Å²) in [6.45, 7) is 4.78. The van der Waals surface area contributed by atoms with Gasteiger partial charge in [0.1, 0.15) is 12.4 Å². The quantitative estimate of drug-likeness (QED) is 0.613. The van der Waals surface area contributed by atoms with Gasteiger partial charge in [-0.1, -0.05) is 11.6 Å². The van der Waals surface area contributed by atoms with Crippen LogP contribution in [0.3, 0.4) is 0 Å². The third-order valence-corrected chi connectivity index (χ3v) is 5.48. The van der Waals surface area contributed by atoms with Crippen molar-refractivity contribution in [3.8, 4) is 5.75 Å². The molecule has 2 aliphatic rings. The second-order valence-electron chi connectivity index (χ2n) is 8.10. The molecule has 0 aliphatic carbocycles. The predicted molar refractivity (Wildman–Crippen MR) is 125 cm³/mol. The van der Waals surface area contributed by atoms with Crippen molar-refractivity contribution in [1.29, 1.82) is 0 Å². The Balaban J connectivity index is 0.00000240. The Morgan fingerprint density at radius 2 is 2.03 bits per heavy atom. The highest BCUT2D eigenvalue weighted by atomic mass is 35.5. The zero-order chi connectivity index (χ0) is 21.0. The third-order valence-electron chi connectivity index (χ3n) is 5.48. The first kappa shape index (κ1) is 27.5. The number of amides is 2. The number of nitrogens with two attached hydrogens (primary N) is 1. The summed E-state index contributed by atoms with van der Waals surface area (Å²) in [5.41, 5.74) is 7.06. The Morgan fingerprint density at radius 3 is 2.71 bits per heavy atom. The SMILES string of the molecule is Cc1ccc(OCCN)c(C(=O)N[C@@H]2C[C@H]3CO[C@@H](CC(=O)N(C)C)CN3C2)c1.Cl.Cl. The Labute approximate surface area is 196 Å². The van der Waals surface area contributed by atoms with E-state index in [2.05, 4.69) is 10.2 Å². The molecule has 2 heterocycles. The fourth-order valence-electron chi connectivity index (χ4n) is 3.93. The molecule has 0 saturated carbocycles. The van der Waals surface area contributed by atoms with E-state index in [9.17, 15) is 9.59 Å². The lowest BCUT2D eigenvalue weighted by Crippen LogP contribution is -2.47. The second-order valence-corrected chi connectivity index (χ2v) is 8.10. The lowest BCUT2D eigenvalue weighted by atomic mass is 10.1. The van der Waals surface area contributed by atoms with Gasteiger partial charge in [-0.25, -0.2) is 0 Å². The van der Waals surface area contributed by atoms with Gasteiger partial charge in [-0.15, -0.1) is 24.8 Å². The van der Waals surface area contributed by atoms with E-state index >= 15 is 0 Å². The van der Waals surface area contributed by atoms with Crippen molar-refractivity contribution in [3.05, 3.63) is 29.3 Å². The minimum Gasteiger partial charge on any atom is -0.491 e. The summed E-state index contributed by atoms with van der Waals surface area (Å²) in [4.78, 5) is 28.8.